The largest absolute Gasteiger partial charge is 0.326 e. The van der Waals surface area contributed by atoms with Crippen LogP contribution in [0.15, 0.2) is 0 Å². The van der Waals surface area contributed by atoms with Crippen LogP contribution in [0, 0.1) is 5.92 Å². The van der Waals surface area contributed by atoms with Crippen molar-refractivity contribution in [2.24, 2.45) is 5.92 Å². The van der Waals surface area contributed by atoms with Crippen molar-refractivity contribution in [2.75, 3.05) is 6.54 Å². The summed E-state index contributed by atoms with van der Waals surface area (Å²) in [6.07, 6.45) is 10.1. The highest BCUT2D eigenvalue weighted by molar-refractivity contribution is 5.84. The third kappa shape index (κ3) is 3.05. The molecular weight excluding hydrogens is 224 g/mol. The Morgan fingerprint density at radius 3 is 2.56 bits per heavy atom. The molecule has 1 saturated heterocycles. The van der Waals surface area contributed by atoms with Crippen LogP contribution in [0.25, 0.3) is 0 Å². The quantitative estimate of drug-likeness (QED) is 0.788. The minimum absolute atomic E-state index is 0.0866. The molecule has 1 saturated carbocycles. The van der Waals surface area contributed by atoms with Gasteiger partial charge in [0.2, 0.25) is 5.91 Å². The average molecular weight is 252 g/mol. The van der Waals surface area contributed by atoms with E-state index in [2.05, 4.69) is 24.1 Å². The van der Waals surface area contributed by atoms with Gasteiger partial charge in [-0.3, -0.25) is 10.1 Å². The lowest BCUT2D eigenvalue weighted by Crippen LogP contribution is -2.37. The summed E-state index contributed by atoms with van der Waals surface area (Å²) < 4.78 is 0. The van der Waals surface area contributed by atoms with Crippen molar-refractivity contribution in [3.8, 4) is 0 Å². The third-order valence-electron chi connectivity index (χ3n) is 4.57. The van der Waals surface area contributed by atoms with Gasteiger partial charge in [-0.1, -0.05) is 46.0 Å². The number of carbonyl (C=O) groups excluding carboxylic acids is 1. The molecule has 1 aliphatic heterocycles. The molecule has 1 heterocycles. The highest BCUT2D eigenvalue weighted by atomic mass is 16.2. The van der Waals surface area contributed by atoms with Gasteiger partial charge in [-0.05, 0) is 25.2 Å². The smallest absolute Gasteiger partial charge is 0.241 e. The van der Waals surface area contributed by atoms with E-state index in [1.54, 1.807) is 0 Å². The summed E-state index contributed by atoms with van der Waals surface area (Å²) in [6.45, 7) is 5.29. The van der Waals surface area contributed by atoms with Crippen LogP contribution < -0.4 is 5.32 Å². The monoisotopic (exact) mass is 252 g/mol. The van der Waals surface area contributed by atoms with E-state index in [9.17, 15) is 4.79 Å². The van der Waals surface area contributed by atoms with Crippen molar-refractivity contribution >= 4 is 5.91 Å². The standard InChI is InChI=1S/C15H28N2O/c1-3-7-13-15(18)17(14(4-2)16-13)11-10-12-8-5-6-9-12/h12-14,16H,3-11H2,1-2H3. The molecule has 2 fully saturated rings. The van der Waals surface area contributed by atoms with Crippen LogP contribution >= 0.6 is 0 Å². The van der Waals surface area contributed by atoms with Crippen LogP contribution in [0.5, 0.6) is 0 Å². The third-order valence-corrected chi connectivity index (χ3v) is 4.57. The first-order valence-corrected chi connectivity index (χ1v) is 7.82. The predicted molar refractivity (Wildman–Crippen MR) is 74.2 cm³/mol. The van der Waals surface area contributed by atoms with Gasteiger partial charge < -0.3 is 4.90 Å². The number of hydrogen-bond donors (Lipinski definition) is 1. The number of nitrogens with one attached hydrogen (secondary N) is 1. The first-order valence-electron chi connectivity index (χ1n) is 7.82. The Labute approximate surface area is 111 Å². The van der Waals surface area contributed by atoms with Crippen LogP contribution in [-0.2, 0) is 4.79 Å². The van der Waals surface area contributed by atoms with Crippen LogP contribution in [0.3, 0.4) is 0 Å². The number of nitrogens with zero attached hydrogens (tertiary/aromatic N) is 1. The second kappa shape index (κ2) is 6.55. The maximum atomic E-state index is 12.3. The van der Waals surface area contributed by atoms with Gasteiger partial charge in [-0.2, -0.15) is 0 Å². The second-order valence-electron chi connectivity index (χ2n) is 5.90. The van der Waals surface area contributed by atoms with Crippen molar-refractivity contribution in [1.29, 1.82) is 0 Å². The maximum absolute atomic E-state index is 12.3. The first kappa shape index (κ1) is 13.9. The zero-order valence-corrected chi connectivity index (χ0v) is 12.0. The molecule has 18 heavy (non-hydrogen) atoms. The van der Waals surface area contributed by atoms with Crippen molar-refractivity contribution in [2.45, 2.75) is 77.4 Å². The molecule has 1 aliphatic carbocycles. The van der Waals surface area contributed by atoms with Gasteiger partial charge in [0.25, 0.3) is 0 Å². The van der Waals surface area contributed by atoms with Gasteiger partial charge in [-0.15, -0.1) is 0 Å². The molecule has 2 atom stereocenters. The van der Waals surface area contributed by atoms with E-state index in [1.807, 2.05) is 0 Å². The zero-order valence-electron chi connectivity index (χ0n) is 12.0. The second-order valence-corrected chi connectivity index (χ2v) is 5.90. The minimum atomic E-state index is 0.0866. The number of carbonyl (C=O) groups is 1. The fourth-order valence-corrected chi connectivity index (χ4v) is 3.47. The van der Waals surface area contributed by atoms with E-state index in [4.69, 9.17) is 0 Å². The van der Waals surface area contributed by atoms with Gasteiger partial charge in [0.05, 0.1) is 12.2 Å². The zero-order chi connectivity index (χ0) is 13.0. The lowest BCUT2D eigenvalue weighted by Gasteiger charge is -2.24. The van der Waals surface area contributed by atoms with E-state index >= 15 is 0 Å². The van der Waals surface area contributed by atoms with Crippen molar-refractivity contribution < 1.29 is 4.79 Å². The fraction of sp³-hybridized carbons (Fsp3) is 0.933. The molecule has 104 valence electrons. The van der Waals surface area contributed by atoms with E-state index in [-0.39, 0.29) is 12.2 Å². The molecule has 3 heteroatoms. The van der Waals surface area contributed by atoms with Crippen molar-refractivity contribution in [3.05, 3.63) is 0 Å². The summed E-state index contributed by atoms with van der Waals surface area (Å²) in [5.41, 5.74) is 0. The van der Waals surface area contributed by atoms with Gasteiger partial charge in [0.15, 0.2) is 0 Å². The van der Waals surface area contributed by atoms with E-state index in [1.165, 1.54) is 32.1 Å². The molecule has 0 aromatic heterocycles. The summed E-state index contributed by atoms with van der Waals surface area (Å²) in [6, 6.07) is 0.0866. The average Bonchev–Trinajstić information content (AvgIpc) is 2.97. The Balaban J connectivity index is 1.86. The predicted octanol–water partition coefficient (Wildman–Crippen LogP) is 2.90. The maximum Gasteiger partial charge on any atom is 0.241 e. The van der Waals surface area contributed by atoms with Crippen LogP contribution in [0.2, 0.25) is 0 Å². The molecule has 0 radical (unpaired) electrons. The van der Waals surface area contributed by atoms with Crippen LogP contribution in [0.1, 0.15) is 65.2 Å². The van der Waals surface area contributed by atoms with Gasteiger partial charge in [-0.25, -0.2) is 0 Å². The molecule has 1 amide bonds. The number of amides is 1. The number of rotatable bonds is 6. The highest BCUT2D eigenvalue weighted by Crippen LogP contribution is 2.28. The Bertz CT molecular complexity index is 274. The molecule has 2 unspecified atom stereocenters. The van der Waals surface area contributed by atoms with Crippen LogP contribution in [0.4, 0.5) is 0 Å². The van der Waals surface area contributed by atoms with Gasteiger partial charge in [0.1, 0.15) is 0 Å². The fourth-order valence-electron chi connectivity index (χ4n) is 3.47. The molecule has 3 nitrogen and oxygen atoms in total. The molecule has 0 aromatic rings. The summed E-state index contributed by atoms with van der Waals surface area (Å²) >= 11 is 0. The summed E-state index contributed by atoms with van der Waals surface area (Å²) in [5, 5.41) is 3.49. The molecule has 2 rings (SSSR count). The van der Waals surface area contributed by atoms with Gasteiger partial charge in [0, 0.05) is 6.54 Å². The minimum Gasteiger partial charge on any atom is -0.326 e. The Morgan fingerprint density at radius 2 is 1.94 bits per heavy atom. The normalized spacial score (nSPS) is 29.4. The SMILES string of the molecule is CCCC1NC(CC)N(CCC2CCCC2)C1=O. The molecular formula is C15H28N2O. The van der Waals surface area contributed by atoms with Crippen molar-refractivity contribution in [1.82, 2.24) is 10.2 Å². The topological polar surface area (TPSA) is 32.3 Å². The Kier molecular flexibility index (Phi) is 5.04. The number of hydrogen-bond acceptors (Lipinski definition) is 2. The van der Waals surface area contributed by atoms with E-state index in [0.29, 0.717) is 5.91 Å². The molecule has 0 bridgehead atoms. The summed E-state index contributed by atoms with van der Waals surface area (Å²) in [7, 11) is 0. The van der Waals surface area contributed by atoms with E-state index in [0.717, 1.165) is 31.7 Å². The van der Waals surface area contributed by atoms with Crippen molar-refractivity contribution in [3.63, 3.8) is 0 Å². The van der Waals surface area contributed by atoms with Gasteiger partial charge >= 0.3 is 0 Å². The van der Waals surface area contributed by atoms with E-state index < -0.39 is 0 Å². The highest BCUT2D eigenvalue weighted by Gasteiger charge is 2.37. The molecule has 2 aliphatic rings. The summed E-state index contributed by atoms with van der Waals surface area (Å²) in [5.74, 6) is 1.22. The molecule has 0 aromatic carbocycles. The Hall–Kier alpha value is -0.570. The lowest BCUT2D eigenvalue weighted by atomic mass is 10.0. The first-order chi connectivity index (χ1) is 8.76. The molecule has 0 spiro atoms. The summed E-state index contributed by atoms with van der Waals surface area (Å²) in [4.78, 5) is 14.4. The Morgan fingerprint density at radius 1 is 1.22 bits per heavy atom. The van der Waals surface area contributed by atoms with Crippen LogP contribution in [-0.4, -0.2) is 29.6 Å². The lowest BCUT2D eigenvalue weighted by molar-refractivity contribution is -0.130. The molecule has 1 N–H and O–H groups in total.